The van der Waals surface area contributed by atoms with Crippen molar-refractivity contribution in [1.29, 1.82) is 0 Å². The summed E-state index contributed by atoms with van der Waals surface area (Å²) in [4.78, 5) is 37.3. The Morgan fingerprint density at radius 2 is 1.90 bits per heavy atom. The van der Waals surface area contributed by atoms with Gasteiger partial charge in [-0.2, -0.15) is 0 Å². The van der Waals surface area contributed by atoms with Gasteiger partial charge in [-0.3, -0.25) is 4.79 Å². The summed E-state index contributed by atoms with van der Waals surface area (Å²) in [6.45, 7) is 0.697. The van der Waals surface area contributed by atoms with Crippen LogP contribution in [0.5, 0.6) is 0 Å². The zero-order valence-electron chi connectivity index (χ0n) is 11.1. The number of carbonyl (C=O) groups excluding carboxylic acids is 2. The molecule has 2 saturated heterocycles. The second-order valence-electron chi connectivity index (χ2n) is 5.37. The minimum atomic E-state index is -1.13. The number of piperidine rings is 1. The van der Waals surface area contributed by atoms with E-state index < -0.39 is 30.1 Å². The molecule has 0 aliphatic carbocycles. The van der Waals surface area contributed by atoms with Crippen molar-refractivity contribution < 1.29 is 24.6 Å². The molecule has 0 saturated carbocycles. The molecule has 2 aliphatic heterocycles. The molecule has 112 valence electrons. The van der Waals surface area contributed by atoms with Gasteiger partial charge in [0.2, 0.25) is 5.91 Å². The molecule has 0 aromatic rings. The first-order valence-corrected chi connectivity index (χ1v) is 6.66. The van der Waals surface area contributed by atoms with Gasteiger partial charge in [0, 0.05) is 26.1 Å². The van der Waals surface area contributed by atoms with E-state index in [2.05, 4.69) is 0 Å². The maximum Gasteiger partial charge on any atom is 0.326 e. The Morgan fingerprint density at radius 3 is 2.50 bits per heavy atom. The third-order valence-corrected chi connectivity index (χ3v) is 3.90. The highest BCUT2D eigenvalue weighted by molar-refractivity contribution is 5.84. The molecule has 4 N–H and O–H groups in total. The molecule has 0 aromatic carbocycles. The average molecular weight is 285 g/mol. The number of nitrogens with two attached hydrogens (primary N) is 1. The van der Waals surface area contributed by atoms with Crippen molar-refractivity contribution in [2.75, 3.05) is 19.6 Å². The lowest BCUT2D eigenvalue weighted by Crippen LogP contribution is -2.52. The minimum Gasteiger partial charge on any atom is -0.480 e. The van der Waals surface area contributed by atoms with Gasteiger partial charge >= 0.3 is 12.0 Å². The Labute approximate surface area is 116 Å². The quantitative estimate of drug-likeness (QED) is 0.589. The number of hydrogen-bond acceptors (Lipinski definition) is 4. The van der Waals surface area contributed by atoms with Crippen LogP contribution >= 0.6 is 0 Å². The predicted molar refractivity (Wildman–Crippen MR) is 67.6 cm³/mol. The summed E-state index contributed by atoms with van der Waals surface area (Å²) in [5, 5.41) is 18.6. The summed E-state index contributed by atoms with van der Waals surface area (Å²) in [7, 11) is 0. The van der Waals surface area contributed by atoms with E-state index in [1.165, 1.54) is 4.90 Å². The van der Waals surface area contributed by atoms with Gasteiger partial charge in [-0.05, 0) is 12.8 Å². The van der Waals surface area contributed by atoms with Gasteiger partial charge in [-0.25, -0.2) is 9.59 Å². The largest absolute Gasteiger partial charge is 0.480 e. The second-order valence-corrected chi connectivity index (χ2v) is 5.37. The zero-order valence-corrected chi connectivity index (χ0v) is 11.1. The lowest BCUT2D eigenvalue weighted by atomic mass is 9.98. The molecule has 2 rings (SSSR count). The molecule has 3 amide bonds. The van der Waals surface area contributed by atoms with Gasteiger partial charge < -0.3 is 25.7 Å². The summed E-state index contributed by atoms with van der Waals surface area (Å²) in [5.74, 6) is -1.96. The van der Waals surface area contributed by atoms with Crippen LogP contribution in [0.1, 0.15) is 19.3 Å². The highest BCUT2D eigenvalue weighted by Gasteiger charge is 2.41. The van der Waals surface area contributed by atoms with Gasteiger partial charge in [0.1, 0.15) is 6.04 Å². The summed E-state index contributed by atoms with van der Waals surface area (Å²) in [6.07, 6.45) is 0.517. The monoisotopic (exact) mass is 285 g/mol. The van der Waals surface area contributed by atoms with Gasteiger partial charge in [-0.1, -0.05) is 0 Å². The molecule has 1 unspecified atom stereocenters. The van der Waals surface area contributed by atoms with E-state index in [0.717, 1.165) is 4.90 Å². The van der Waals surface area contributed by atoms with Crippen molar-refractivity contribution in [3.05, 3.63) is 0 Å². The molecule has 0 bridgehead atoms. The normalized spacial score (nSPS) is 30.4. The summed E-state index contributed by atoms with van der Waals surface area (Å²) < 4.78 is 0. The minimum absolute atomic E-state index is 0.00748. The van der Waals surface area contributed by atoms with Crippen LogP contribution in [-0.2, 0) is 9.59 Å². The topological polar surface area (TPSA) is 124 Å². The van der Waals surface area contributed by atoms with Crippen molar-refractivity contribution in [2.24, 2.45) is 11.7 Å². The molecule has 8 nitrogen and oxygen atoms in total. The van der Waals surface area contributed by atoms with Gasteiger partial charge in [-0.15, -0.1) is 0 Å². The summed E-state index contributed by atoms with van der Waals surface area (Å²) in [6, 6.07) is -1.45. The van der Waals surface area contributed by atoms with E-state index in [1.54, 1.807) is 0 Å². The number of urea groups is 1. The van der Waals surface area contributed by atoms with Crippen LogP contribution in [0, 0.1) is 5.92 Å². The number of carboxylic acids is 1. The first-order valence-electron chi connectivity index (χ1n) is 6.66. The molecule has 20 heavy (non-hydrogen) atoms. The number of likely N-dealkylation sites (tertiary alicyclic amines) is 2. The maximum atomic E-state index is 12.4. The molecule has 0 spiro atoms. The van der Waals surface area contributed by atoms with Crippen LogP contribution < -0.4 is 5.73 Å². The standard InChI is InChI=1S/C12H19N3O5/c13-10(17)7-2-1-3-14(5-7)12(20)15-6-8(16)4-9(15)11(18)19/h7-9,16H,1-6H2,(H2,13,17)(H,18,19)/t7?,8-,9+/m1/s1. The number of rotatable bonds is 2. The molecular weight excluding hydrogens is 266 g/mol. The zero-order chi connectivity index (χ0) is 14.9. The van der Waals surface area contributed by atoms with Crippen LogP contribution in [-0.4, -0.2) is 69.7 Å². The first kappa shape index (κ1) is 14.6. The molecule has 2 heterocycles. The molecule has 0 aromatic heterocycles. The van der Waals surface area contributed by atoms with Gasteiger partial charge in [0.15, 0.2) is 0 Å². The molecule has 2 aliphatic rings. The number of nitrogens with zero attached hydrogens (tertiary/aromatic N) is 2. The number of hydrogen-bond donors (Lipinski definition) is 3. The number of carbonyl (C=O) groups is 3. The molecule has 8 heteroatoms. The maximum absolute atomic E-state index is 12.4. The van der Waals surface area contributed by atoms with Crippen LogP contribution in [0.4, 0.5) is 4.79 Å². The SMILES string of the molecule is NC(=O)C1CCCN(C(=O)N2C[C@H](O)C[C@H]2C(=O)O)C1. The molecule has 2 fully saturated rings. The number of primary amides is 1. The molecular formula is C12H19N3O5. The highest BCUT2D eigenvalue weighted by Crippen LogP contribution is 2.23. The van der Waals surface area contributed by atoms with Crippen molar-refractivity contribution in [3.63, 3.8) is 0 Å². The molecule has 3 atom stereocenters. The van der Waals surface area contributed by atoms with E-state index in [0.29, 0.717) is 19.4 Å². The summed E-state index contributed by atoms with van der Waals surface area (Å²) >= 11 is 0. The fourth-order valence-corrected chi connectivity index (χ4v) is 2.82. The Bertz CT molecular complexity index is 427. The summed E-state index contributed by atoms with van der Waals surface area (Å²) in [5.41, 5.74) is 5.26. The molecule has 0 radical (unpaired) electrons. The van der Waals surface area contributed by atoms with Crippen LogP contribution in [0.3, 0.4) is 0 Å². The Morgan fingerprint density at radius 1 is 1.20 bits per heavy atom. The van der Waals surface area contributed by atoms with E-state index in [1.807, 2.05) is 0 Å². The number of aliphatic carboxylic acids is 1. The third-order valence-electron chi connectivity index (χ3n) is 3.90. The van der Waals surface area contributed by atoms with Crippen molar-refractivity contribution in [3.8, 4) is 0 Å². The van der Waals surface area contributed by atoms with Crippen molar-refractivity contribution >= 4 is 17.9 Å². The van der Waals surface area contributed by atoms with Crippen LogP contribution in [0.25, 0.3) is 0 Å². The predicted octanol–water partition coefficient (Wildman–Crippen LogP) is -1.18. The average Bonchev–Trinajstić information content (AvgIpc) is 2.80. The first-order chi connectivity index (χ1) is 9.40. The lowest BCUT2D eigenvalue weighted by molar-refractivity contribution is -0.141. The number of amides is 3. The third kappa shape index (κ3) is 2.84. The number of carboxylic acid groups (broad SMARTS) is 1. The Kier molecular flexibility index (Phi) is 4.12. The lowest BCUT2D eigenvalue weighted by Gasteiger charge is -2.35. The van der Waals surface area contributed by atoms with E-state index in [-0.39, 0.29) is 25.4 Å². The fourth-order valence-electron chi connectivity index (χ4n) is 2.82. The number of aliphatic hydroxyl groups is 1. The van der Waals surface area contributed by atoms with Gasteiger partial charge in [0.05, 0.1) is 12.0 Å². The second kappa shape index (κ2) is 5.66. The van der Waals surface area contributed by atoms with Gasteiger partial charge in [0.25, 0.3) is 0 Å². The Hall–Kier alpha value is -1.83. The Balaban J connectivity index is 2.06. The van der Waals surface area contributed by atoms with Crippen LogP contribution in [0.2, 0.25) is 0 Å². The van der Waals surface area contributed by atoms with E-state index in [9.17, 15) is 19.5 Å². The fraction of sp³-hybridized carbons (Fsp3) is 0.750. The van der Waals surface area contributed by atoms with Crippen molar-refractivity contribution in [2.45, 2.75) is 31.4 Å². The highest BCUT2D eigenvalue weighted by atomic mass is 16.4. The van der Waals surface area contributed by atoms with E-state index in [4.69, 9.17) is 10.8 Å². The van der Waals surface area contributed by atoms with Crippen LogP contribution in [0.15, 0.2) is 0 Å². The number of aliphatic hydroxyl groups excluding tert-OH is 1. The van der Waals surface area contributed by atoms with Crippen molar-refractivity contribution in [1.82, 2.24) is 9.80 Å². The smallest absolute Gasteiger partial charge is 0.326 e. The van der Waals surface area contributed by atoms with E-state index >= 15 is 0 Å². The number of β-amino-alcohol motifs (C(OH)–C–C–N with tert-alkyl or cyclic N) is 1.